The molecule has 0 bridgehead atoms. The maximum Gasteiger partial charge on any atom is 0.270 e. The van der Waals surface area contributed by atoms with Gasteiger partial charge in [-0.2, -0.15) is 0 Å². The van der Waals surface area contributed by atoms with Crippen molar-refractivity contribution in [3.05, 3.63) is 17.0 Å². The largest absolute Gasteiger partial charge is 0.383 e. The molecule has 0 aliphatic carbocycles. The topological polar surface area (TPSA) is 72.5 Å². The van der Waals surface area contributed by atoms with Crippen LogP contribution in [0.5, 0.6) is 0 Å². The van der Waals surface area contributed by atoms with E-state index in [1.165, 1.54) is 18.6 Å². The van der Waals surface area contributed by atoms with Gasteiger partial charge in [0.2, 0.25) is 0 Å². The second-order valence-electron chi connectivity index (χ2n) is 3.42. The molecule has 1 heterocycles. The van der Waals surface area contributed by atoms with Crippen molar-refractivity contribution in [3.63, 3.8) is 0 Å². The molecular formula is C9H12ClNO4S2. The fourth-order valence-corrected chi connectivity index (χ4v) is 3.11. The van der Waals surface area contributed by atoms with E-state index in [9.17, 15) is 13.2 Å². The highest BCUT2D eigenvalue weighted by Gasteiger charge is 2.17. The van der Waals surface area contributed by atoms with Gasteiger partial charge < -0.3 is 10.1 Å². The summed E-state index contributed by atoms with van der Waals surface area (Å²) in [6.07, 6.45) is 0. The highest BCUT2D eigenvalue weighted by molar-refractivity contribution is 8.15. The molecule has 8 heteroatoms. The Balaban J connectivity index is 2.74. The molecule has 1 amide bonds. The number of thiophene rings is 1. The fraction of sp³-hybridized carbons (Fsp3) is 0.444. The van der Waals surface area contributed by atoms with E-state index < -0.39 is 9.05 Å². The summed E-state index contributed by atoms with van der Waals surface area (Å²) < 4.78 is 26.9. The fourth-order valence-electron chi connectivity index (χ4n) is 1.16. The van der Waals surface area contributed by atoms with Gasteiger partial charge in [-0.25, -0.2) is 8.42 Å². The molecule has 96 valence electrons. The number of methoxy groups -OCH3 is 1. The average Bonchev–Trinajstić information content (AvgIpc) is 2.65. The molecular weight excluding hydrogens is 286 g/mol. The number of hydrogen-bond acceptors (Lipinski definition) is 5. The van der Waals surface area contributed by atoms with Crippen LogP contribution in [0, 0.1) is 0 Å². The highest BCUT2D eigenvalue weighted by atomic mass is 35.7. The summed E-state index contributed by atoms with van der Waals surface area (Å²) in [6.45, 7) is 2.17. The molecule has 1 aromatic rings. The Bertz CT molecular complexity index is 497. The predicted octanol–water partition coefficient (Wildman–Crippen LogP) is 1.44. The molecule has 0 aromatic carbocycles. The van der Waals surface area contributed by atoms with Crippen LogP contribution in [0.3, 0.4) is 0 Å². The van der Waals surface area contributed by atoms with Gasteiger partial charge in [0.25, 0.3) is 15.0 Å². The lowest BCUT2D eigenvalue weighted by molar-refractivity contribution is 0.0906. The molecule has 0 aliphatic rings. The lowest BCUT2D eigenvalue weighted by Crippen LogP contribution is -2.35. The summed E-state index contributed by atoms with van der Waals surface area (Å²) in [5, 5.41) is 4.12. The van der Waals surface area contributed by atoms with Crippen molar-refractivity contribution in [2.24, 2.45) is 0 Å². The SMILES string of the molecule is COCC(C)NC(=O)c1csc(S(=O)(=O)Cl)c1. The van der Waals surface area contributed by atoms with E-state index in [0.717, 1.165) is 11.3 Å². The zero-order valence-electron chi connectivity index (χ0n) is 9.27. The number of amides is 1. The Labute approximate surface area is 108 Å². The molecule has 1 atom stereocenters. The van der Waals surface area contributed by atoms with E-state index in [1.807, 2.05) is 0 Å². The molecule has 17 heavy (non-hydrogen) atoms. The van der Waals surface area contributed by atoms with Gasteiger partial charge in [0.15, 0.2) is 0 Å². The third kappa shape index (κ3) is 4.27. The third-order valence-electron chi connectivity index (χ3n) is 1.87. The monoisotopic (exact) mass is 297 g/mol. The van der Waals surface area contributed by atoms with Crippen LogP contribution in [0.1, 0.15) is 17.3 Å². The maximum absolute atomic E-state index is 11.7. The van der Waals surface area contributed by atoms with Gasteiger partial charge in [-0.05, 0) is 13.0 Å². The Kier molecular flexibility index (Phi) is 4.93. The lowest BCUT2D eigenvalue weighted by Gasteiger charge is -2.11. The van der Waals surface area contributed by atoms with Gasteiger partial charge in [0, 0.05) is 29.2 Å². The zero-order valence-corrected chi connectivity index (χ0v) is 11.7. The first kappa shape index (κ1) is 14.4. The van der Waals surface area contributed by atoms with E-state index in [4.69, 9.17) is 15.4 Å². The molecule has 1 unspecified atom stereocenters. The minimum atomic E-state index is -3.77. The van der Waals surface area contributed by atoms with Crippen LogP contribution in [0.4, 0.5) is 0 Å². The predicted molar refractivity (Wildman–Crippen MR) is 66.2 cm³/mol. The van der Waals surface area contributed by atoms with Crippen LogP contribution in [-0.4, -0.2) is 34.1 Å². The van der Waals surface area contributed by atoms with E-state index >= 15 is 0 Å². The number of nitrogens with one attached hydrogen (secondary N) is 1. The number of rotatable bonds is 5. The number of hydrogen-bond donors (Lipinski definition) is 1. The Hall–Kier alpha value is -0.630. The van der Waals surface area contributed by atoms with E-state index in [0.29, 0.717) is 6.61 Å². The normalized spacial score (nSPS) is 13.4. The van der Waals surface area contributed by atoms with Crippen LogP contribution < -0.4 is 5.32 Å². The van der Waals surface area contributed by atoms with Crippen LogP contribution in [-0.2, 0) is 13.8 Å². The molecule has 5 nitrogen and oxygen atoms in total. The molecule has 1 N–H and O–H groups in total. The van der Waals surface area contributed by atoms with Crippen molar-refractivity contribution >= 4 is 37.0 Å². The quantitative estimate of drug-likeness (QED) is 0.835. The van der Waals surface area contributed by atoms with Gasteiger partial charge in [-0.3, -0.25) is 4.79 Å². The van der Waals surface area contributed by atoms with Crippen molar-refractivity contribution in [1.29, 1.82) is 0 Å². The van der Waals surface area contributed by atoms with Crippen molar-refractivity contribution in [3.8, 4) is 0 Å². The zero-order chi connectivity index (χ0) is 13.1. The van der Waals surface area contributed by atoms with Crippen molar-refractivity contribution in [1.82, 2.24) is 5.32 Å². The van der Waals surface area contributed by atoms with Crippen molar-refractivity contribution in [2.75, 3.05) is 13.7 Å². The van der Waals surface area contributed by atoms with Crippen molar-refractivity contribution < 1.29 is 17.9 Å². The second kappa shape index (κ2) is 5.81. The Morgan fingerprint density at radius 2 is 2.29 bits per heavy atom. The standard InChI is InChI=1S/C9H12ClNO4S2/c1-6(4-15-2)11-9(12)7-3-8(16-5-7)17(10,13)14/h3,5-6H,4H2,1-2H3,(H,11,12). The highest BCUT2D eigenvalue weighted by Crippen LogP contribution is 2.23. The first-order chi connectivity index (χ1) is 7.84. The molecule has 1 rings (SSSR count). The lowest BCUT2D eigenvalue weighted by atomic mass is 10.3. The number of carbonyl (C=O) groups excluding carboxylic acids is 1. The van der Waals surface area contributed by atoms with Crippen LogP contribution >= 0.6 is 22.0 Å². The molecule has 0 spiro atoms. The summed E-state index contributed by atoms with van der Waals surface area (Å²) >= 11 is 0.913. The molecule has 0 fully saturated rings. The van der Waals surface area contributed by atoms with Crippen molar-refractivity contribution in [2.45, 2.75) is 17.2 Å². The average molecular weight is 298 g/mol. The minimum absolute atomic E-state index is 0.0382. The Morgan fingerprint density at radius 1 is 1.65 bits per heavy atom. The Morgan fingerprint density at radius 3 is 2.76 bits per heavy atom. The molecule has 0 saturated carbocycles. The van der Waals surface area contributed by atoms with E-state index in [-0.39, 0.29) is 21.7 Å². The molecule has 0 saturated heterocycles. The van der Waals surface area contributed by atoms with Gasteiger partial charge in [-0.15, -0.1) is 11.3 Å². The van der Waals surface area contributed by atoms with E-state index in [2.05, 4.69) is 5.32 Å². The van der Waals surface area contributed by atoms with E-state index in [1.54, 1.807) is 6.92 Å². The maximum atomic E-state index is 11.7. The third-order valence-corrected chi connectivity index (χ3v) is 4.91. The van der Waals surface area contributed by atoms with Gasteiger partial charge in [-0.1, -0.05) is 0 Å². The summed E-state index contributed by atoms with van der Waals surface area (Å²) in [6, 6.07) is 1.10. The molecule has 1 aromatic heterocycles. The minimum Gasteiger partial charge on any atom is -0.383 e. The van der Waals surface area contributed by atoms with Gasteiger partial charge >= 0.3 is 0 Å². The number of halogens is 1. The summed E-state index contributed by atoms with van der Waals surface area (Å²) in [5.41, 5.74) is 0.275. The summed E-state index contributed by atoms with van der Waals surface area (Å²) in [4.78, 5) is 11.7. The summed E-state index contributed by atoms with van der Waals surface area (Å²) in [7, 11) is 2.93. The van der Waals surface area contributed by atoms with Crippen LogP contribution in [0.2, 0.25) is 0 Å². The molecule has 0 aliphatic heterocycles. The van der Waals surface area contributed by atoms with Crippen LogP contribution in [0.25, 0.3) is 0 Å². The first-order valence-electron chi connectivity index (χ1n) is 4.67. The second-order valence-corrected chi connectivity index (χ2v) is 7.13. The smallest absolute Gasteiger partial charge is 0.270 e. The van der Waals surface area contributed by atoms with Gasteiger partial charge in [0.1, 0.15) is 4.21 Å². The van der Waals surface area contributed by atoms with Crippen LogP contribution in [0.15, 0.2) is 15.7 Å². The first-order valence-corrected chi connectivity index (χ1v) is 7.86. The number of carbonyl (C=O) groups is 1. The van der Waals surface area contributed by atoms with Gasteiger partial charge in [0.05, 0.1) is 12.2 Å². The molecule has 0 radical (unpaired) electrons. The summed E-state index contributed by atoms with van der Waals surface area (Å²) in [5.74, 6) is -0.350. The number of ether oxygens (including phenoxy) is 1.